The fourth-order valence-corrected chi connectivity index (χ4v) is 14.8. The molecule has 7 heteroatoms. The summed E-state index contributed by atoms with van der Waals surface area (Å²) >= 11 is 5.46. The summed E-state index contributed by atoms with van der Waals surface area (Å²) in [6.07, 6.45) is 0. The second-order valence-corrected chi connectivity index (χ2v) is 21.9. The zero-order valence-corrected chi connectivity index (χ0v) is 40.7. The van der Waals surface area contributed by atoms with Gasteiger partial charge in [-0.15, -0.1) is 34.0 Å². The van der Waals surface area contributed by atoms with Gasteiger partial charge in [0.1, 0.15) is 0 Å². The molecular weight excluding hydrogens is 933 g/mol. The molecule has 72 heavy (non-hydrogen) atoms. The molecule has 0 radical (unpaired) electrons. The van der Waals surface area contributed by atoms with E-state index in [0.717, 1.165) is 55.3 Å². The number of aromatic nitrogens is 4. The minimum absolute atomic E-state index is 0.625. The molecule has 0 N–H and O–H groups in total. The Morgan fingerprint density at radius 2 is 0.639 bits per heavy atom. The summed E-state index contributed by atoms with van der Waals surface area (Å²) in [6, 6.07) is 79.8. The van der Waals surface area contributed by atoms with E-state index in [4.69, 9.17) is 15.0 Å². The van der Waals surface area contributed by atoms with Gasteiger partial charge < -0.3 is 4.57 Å². The lowest BCUT2D eigenvalue weighted by molar-refractivity contribution is 1.08. The van der Waals surface area contributed by atoms with Gasteiger partial charge in [0.25, 0.3) is 0 Å². The predicted molar refractivity (Wildman–Crippen MR) is 310 cm³/mol. The van der Waals surface area contributed by atoms with E-state index >= 15 is 0 Å². The van der Waals surface area contributed by atoms with Gasteiger partial charge in [0.2, 0.25) is 0 Å². The van der Waals surface area contributed by atoms with E-state index in [0.29, 0.717) is 17.5 Å². The Hall–Kier alpha value is -8.59. The first-order chi connectivity index (χ1) is 35.7. The van der Waals surface area contributed by atoms with Crippen LogP contribution in [0.3, 0.4) is 0 Å². The van der Waals surface area contributed by atoms with E-state index in [1.54, 1.807) is 0 Å². The van der Waals surface area contributed by atoms with Crippen LogP contribution < -0.4 is 0 Å². The quantitative estimate of drug-likeness (QED) is 0.173. The first-order valence-corrected chi connectivity index (χ1v) is 26.6. The fraction of sp³-hybridized carbons (Fsp3) is 0. The van der Waals surface area contributed by atoms with Gasteiger partial charge in [-0.3, -0.25) is 0 Å². The topological polar surface area (TPSA) is 43.6 Å². The third kappa shape index (κ3) is 5.99. The van der Waals surface area contributed by atoms with E-state index < -0.39 is 0 Å². The van der Waals surface area contributed by atoms with Crippen LogP contribution in [0, 0.1) is 0 Å². The minimum atomic E-state index is 0.625. The van der Waals surface area contributed by atoms with Crippen molar-refractivity contribution in [1.82, 2.24) is 19.5 Å². The molecule has 0 fully saturated rings. The molecule has 334 valence electrons. The molecule has 0 saturated carbocycles. The predicted octanol–water partition coefficient (Wildman–Crippen LogP) is 19.0. The normalized spacial score (nSPS) is 12.2. The minimum Gasteiger partial charge on any atom is -0.309 e. The van der Waals surface area contributed by atoms with Crippen molar-refractivity contribution in [2.75, 3.05) is 0 Å². The van der Waals surface area contributed by atoms with Crippen LogP contribution in [0.25, 0.3) is 155 Å². The van der Waals surface area contributed by atoms with E-state index in [9.17, 15) is 0 Å². The van der Waals surface area contributed by atoms with Crippen molar-refractivity contribution in [2.45, 2.75) is 0 Å². The van der Waals surface area contributed by atoms with E-state index in [-0.39, 0.29) is 0 Å². The maximum absolute atomic E-state index is 5.62. The molecule has 0 aliphatic carbocycles. The SMILES string of the molecule is c1ccc2cc3c(cc2c1)c1cc2ccccc2cc1n3-c1ccc(-c2nc(-c3cccc4sc5ccccc5c34)nc(-c3cccc4sc5ccccc5c34)n2)c(-c2cccc3sc4ccccc4c23)c1. The molecule has 0 spiro atoms. The average molecular weight is 969 g/mol. The Balaban J connectivity index is 1.03. The molecule has 0 aliphatic rings. The van der Waals surface area contributed by atoms with Crippen LogP contribution in [0.1, 0.15) is 0 Å². The van der Waals surface area contributed by atoms with E-state index in [1.165, 1.54) is 82.1 Å². The number of hydrogen-bond donors (Lipinski definition) is 0. The van der Waals surface area contributed by atoms with Crippen LogP contribution in [-0.2, 0) is 0 Å². The smallest absolute Gasteiger partial charge is 0.164 e. The second-order valence-electron chi connectivity index (χ2n) is 18.6. The Bertz CT molecular complexity index is 4730. The van der Waals surface area contributed by atoms with E-state index in [2.05, 4.69) is 223 Å². The lowest BCUT2D eigenvalue weighted by atomic mass is 9.94. The molecule has 0 aliphatic heterocycles. The molecule has 0 unspecified atom stereocenters. The van der Waals surface area contributed by atoms with Crippen molar-refractivity contribution in [3.63, 3.8) is 0 Å². The summed E-state index contributed by atoms with van der Waals surface area (Å²) in [5.41, 5.74) is 8.50. The highest BCUT2D eigenvalue weighted by Gasteiger charge is 2.24. The van der Waals surface area contributed by atoms with Gasteiger partial charge in [-0.05, 0) is 112 Å². The van der Waals surface area contributed by atoms with Gasteiger partial charge in [-0.1, -0.05) is 140 Å². The van der Waals surface area contributed by atoms with Gasteiger partial charge in [-0.2, -0.15) is 0 Å². The van der Waals surface area contributed by atoms with Crippen molar-refractivity contribution in [3.05, 3.63) is 218 Å². The van der Waals surface area contributed by atoms with Crippen LogP contribution in [0.4, 0.5) is 0 Å². The first-order valence-electron chi connectivity index (χ1n) is 24.2. The monoisotopic (exact) mass is 968 g/mol. The molecule has 16 aromatic rings. The standard InChI is InChI=1S/C65H36N4S3/c1-3-16-39-34-52-50(32-37(39)14-1)51-33-38-15-2-4-17-40(38)35-53(51)69(52)41-30-31-43(49(36-41)42-21-11-27-57-60(42)44-18-5-8-24-54(44)70-57)63-66-64(47-22-12-28-58-61(47)45-19-6-9-25-55(45)71-58)68-65(67-63)48-23-13-29-59-62(48)46-20-7-10-26-56(46)72-59/h1-36H. The molecule has 4 nitrogen and oxygen atoms in total. The largest absolute Gasteiger partial charge is 0.309 e. The van der Waals surface area contributed by atoms with Gasteiger partial charge in [-0.25, -0.2) is 15.0 Å². The van der Waals surface area contributed by atoms with Crippen LogP contribution in [0.15, 0.2) is 218 Å². The van der Waals surface area contributed by atoms with Crippen LogP contribution in [-0.4, -0.2) is 19.5 Å². The number of nitrogens with zero attached hydrogens (tertiary/aromatic N) is 4. The van der Waals surface area contributed by atoms with Crippen molar-refractivity contribution in [2.24, 2.45) is 0 Å². The molecule has 0 atom stereocenters. The lowest BCUT2D eigenvalue weighted by Crippen LogP contribution is -2.03. The van der Waals surface area contributed by atoms with Crippen molar-refractivity contribution in [1.29, 1.82) is 0 Å². The fourth-order valence-electron chi connectivity index (χ4n) is 11.4. The summed E-state index contributed by atoms with van der Waals surface area (Å²) in [5.74, 6) is 1.92. The highest BCUT2D eigenvalue weighted by molar-refractivity contribution is 7.26. The maximum atomic E-state index is 5.62. The number of rotatable bonds is 5. The second kappa shape index (κ2) is 15.5. The average Bonchev–Trinajstić information content (AvgIpc) is 4.20. The Kier molecular flexibility index (Phi) is 8.62. The Labute approximate surface area is 424 Å². The van der Waals surface area contributed by atoms with Crippen molar-refractivity contribution < 1.29 is 0 Å². The van der Waals surface area contributed by atoms with Crippen LogP contribution in [0.5, 0.6) is 0 Å². The summed E-state index contributed by atoms with van der Waals surface area (Å²) in [7, 11) is 0. The lowest BCUT2D eigenvalue weighted by Gasteiger charge is -2.17. The molecule has 0 bridgehead atoms. The number of thiophene rings is 3. The van der Waals surface area contributed by atoms with Gasteiger partial charge in [0, 0.05) is 93.7 Å². The Morgan fingerprint density at radius 1 is 0.264 bits per heavy atom. The van der Waals surface area contributed by atoms with Gasteiger partial charge >= 0.3 is 0 Å². The number of fused-ring (bicyclic) bond motifs is 14. The van der Waals surface area contributed by atoms with Gasteiger partial charge in [0.15, 0.2) is 17.5 Å². The number of hydrogen-bond acceptors (Lipinski definition) is 6. The zero-order valence-electron chi connectivity index (χ0n) is 38.3. The van der Waals surface area contributed by atoms with Crippen molar-refractivity contribution in [3.8, 4) is 51.0 Å². The summed E-state index contributed by atoms with van der Waals surface area (Å²) in [4.78, 5) is 16.8. The first kappa shape index (κ1) is 40.2. The third-order valence-corrected chi connectivity index (χ3v) is 18.0. The highest BCUT2D eigenvalue weighted by atomic mass is 32.1. The molecule has 0 saturated heterocycles. The van der Waals surface area contributed by atoms with Crippen LogP contribution >= 0.6 is 34.0 Å². The molecule has 5 heterocycles. The highest BCUT2D eigenvalue weighted by Crippen LogP contribution is 2.47. The molecule has 5 aromatic heterocycles. The maximum Gasteiger partial charge on any atom is 0.164 e. The van der Waals surface area contributed by atoms with Crippen molar-refractivity contribution >= 4 is 138 Å². The van der Waals surface area contributed by atoms with E-state index in [1.807, 2.05) is 34.0 Å². The summed E-state index contributed by atoms with van der Waals surface area (Å²) in [6.45, 7) is 0. The molecule has 11 aromatic carbocycles. The summed E-state index contributed by atoms with van der Waals surface area (Å²) < 4.78 is 9.86. The Morgan fingerprint density at radius 3 is 1.11 bits per heavy atom. The summed E-state index contributed by atoms with van der Waals surface area (Å²) in [5, 5.41) is 14.5. The molecular formula is C65H36N4S3. The van der Waals surface area contributed by atoms with Gasteiger partial charge in [0.05, 0.1) is 11.0 Å². The molecule has 16 rings (SSSR count). The molecule has 0 amide bonds. The van der Waals surface area contributed by atoms with Crippen LogP contribution in [0.2, 0.25) is 0 Å². The zero-order chi connectivity index (χ0) is 47.0. The number of benzene rings is 11. The third-order valence-electron chi connectivity index (χ3n) is 14.6.